The van der Waals surface area contributed by atoms with Crippen LogP contribution in [0.25, 0.3) is 0 Å². The Balaban J connectivity index is 1.80. The van der Waals surface area contributed by atoms with Crippen LogP contribution < -0.4 is 15.8 Å². The molecule has 0 aromatic rings. The molecule has 0 bridgehead atoms. The lowest BCUT2D eigenvalue weighted by atomic mass is 10.0. The van der Waals surface area contributed by atoms with Crippen molar-refractivity contribution < 1.29 is 32.3 Å². The van der Waals surface area contributed by atoms with Crippen LogP contribution in [0.5, 0.6) is 0 Å². The number of amides is 4. The summed E-state index contributed by atoms with van der Waals surface area (Å²) in [6, 6.07) is -1.48. The molecule has 13 heteroatoms. The molecule has 4 atom stereocenters. The molecular formula is C25H43N5O7S. The molecule has 0 aromatic heterocycles. The number of carbonyl (C=O) groups is 4. The predicted octanol–water partition coefficient (Wildman–Crippen LogP) is 1.42. The largest absolute Gasteiger partial charge is 0.444 e. The van der Waals surface area contributed by atoms with Gasteiger partial charge in [-0.05, 0) is 65.2 Å². The molecule has 4 N–H and O–H groups in total. The number of nitrogens with one attached hydrogen (secondary N) is 2. The van der Waals surface area contributed by atoms with Crippen LogP contribution in [0.15, 0.2) is 12.2 Å². The van der Waals surface area contributed by atoms with Crippen molar-refractivity contribution in [2.24, 2.45) is 17.6 Å². The van der Waals surface area contributed by atoms with E-state index in [0.717, 1.165) is 23.6 Å². The van der Waals surface area contributed by atoms with Crippen molar-refractivity contribution >= 4 is 34.0 Å². The highest BCUT2D eigenvalue weighted by molar-refractivity contribution is 7.87. The number of nitrogens with zero attached hydrogens (tertiary/aromatic N) is 2. The second kappa shape index (κ2) is 13.4. The molecule has 1 saturated heterocycles. The fourth-order valence-electron chi connectivity index (χ4n) is 4.32. The molecule has 38 heavy (non-hydrogen) atoms. The van der Waals surface area contributed by atoms with Crippen molar-refractivity contribution in [1.29, 1.82) is 0 Å². The molecule has 216 valence electrons. The van der Waals surface area contributed by atoms with E-state index in [1.54, 1.807) is 20.8 Å². The van der Waals surface area contributed by atoms with Crippen LogP contribution in [-0.4, -0.2) is 79.8 Å². The minimum Gasteiger partial charge on any atom is -0.444 e. The van der Waals surface area contributed by atoms with Gasteiger partial charge in [0.2, 0.25) is 17.7 Å². The zero-order valence-corrected chi connectivity index (χ0v) is 23.9. The number of unbranched alkanes of at least 4 members (excludes halogenated alkanes) is 3. The summed E-state index contributed by atoms with van der Waals surface area (Å²) in [5.41, 5.74) is 4.75. The van der Waals surface area contributed by atoms with Gasteiger partial charge in [-0.3, -0.25) is 14.4 Å². The van der Waals surface area contributed by atoms with E-state index in [1.165, 1.54) is 19.0 Å². The van der Waals surface area contributed by atoms with E-state index in [-0.39, 0.29) is 17.7 Å². The fourth-order valence-corrected chi connectivity index (χ4v) is 4.90. The summed E-state index contributed by atoms with van der Waals surface area (Å²) in [5.74, 6) is -1.66. The van der Waals surface area contributed by atoms with Crippen LogP contribution in [0.1, 0.15) is 72.1 Å². The molecule has 0 spiro atoms. The maximum atomic E-state index is 13.2. The molecule has 2 fully saturated rings. The zero-order valence-electron chi connectivity index (χ0n) is 23.1. The number of alkyl carbamates (subject to hydrolysis) is 1. The van der Waals surface area contributed by atoms with Crippen molar-refractivity contribution in [3.8, 4) is 0 Å². The molecule has 1 aliphatic heterocycles. The lowest BCUT2D eigenvalue weighted by Crippen LogP contribution is -2.53. The van der Waals surface area contributed by atoms with Crippen molar-refractivity contribution in [3.05, 3.63) is 12.2 Å². The number of hydrogen-bond acceptors (Lipinski definition) is 7. The van der Waals surface area contributed by atoms with Crippen LogP contribution in [0.4, 0.5) is 4.79 Å². The SMILES string of the molecule is CN(C)S(=O)(=O)NC(=O)[C@H]1C[C@H]1/C=C\CCCCC[C@H](NC(=O)OC(C)(C)C)C(=O)N1CCC[C@H]1C(N)=O. The molecule has 12 nitrogen and oxygen atoms in total. The summed E-state index contributed by atoms with van der Waals surface area (Å²) in [7, 11) is -1.06. The van der Waals surface area contributed by atoms with Gasteiger partial charge in [-0.1, -0.05) is 25.0 Å². The van der Waals surface area contributed by atoms with E-state index < -0.39 is 45.8 Å². The van der Waals surface area contributed by atoms with Gasteiger partial charge in [0.1, 0.15) is 17.7 Å². The number of carbonyl (C=O) groups excluding carboxylic acids is 4. The summed E-state index contributed by atoms with van der Waals surface area (Å²) < 4.78 is 31.9. The molecule has 2 aliphatic rings. The molecule has 1 saturated carbocycles. The Kier molecular flexibility index (Phi) is 11.1. The van der Waals surface area contributed by atoms with Gasteiger partial charge in [0, 0.05) is 26.6 Å². The van der Waals surface area contributed by atoms with Crippen LogP contribution >= 0.6 is 0 Å². The number of nitrogens with two attached hydrogens (primary N) is 1. The van der Waals surface area contributed by atoms with Gasteiger partial charge in [0.25, 0.3) is 0 Å². The number of likely N-dealkylation sites (tertiary alicyclic amines) is 1. The van der Waals surface area contributed by atoms with E-state index in [1.807, 2.05) is 12.2 Å². The first-order valence-electron chi connectivity index (χ1n) is 13.1. The average Bonchev–Trinajstić information content (AvgIpc) is 3.39. The summed E-state index contributed by atoms with van der Waals surface area (Å²) in [5, 5.41) is 2.67. The molecule has 0 aromatic carbocycles. The van der Waals surface area contributed by atoms with Gasteiger partial charge in [-0.2, -0.15) is 12.7 Å². The summed E-state index contributed by atoms with van der Waals surface area (Å²) in [6.45, 7) is 5.64. The minimum absolute atomic E-state index is 0.0334. The highest BCUT2D eigenvalue weighted by atomic mass is 32.2. The summed E-state index contributed by atoms with van der Waals surface area (Å²) in [6.07, 6.45) is 8.55. The molecule has 2 rings (SSSR count). The lowest BCUT2D eigenvalue weighted by Gasteiger charge is -2.28. The molecule has 0 unspecified atom stereocenters. The van der Waals surface area contributed by atoms with E-state index in [4.69, 9.17) is 10.5 Å². The topological polar surface area (TPSA) is 168 Å². The Labute approximate surface area is 225 Å². The first-order chi connectivity index (χ1) is 17.6. The first-order valence-corrected chi connectivity index (χ1v) is 14.6. The van der Waals surface area contributed by atoms with E-state index in [0.29, 0.717) is 38.6 Å². The first kappa shape index (κ1) is 31.5. The van der Waals surface area contributed by atoms with Gasteiger partial charge >= 0.3 is 16.3 Å². The highest BCUT2D eigenvalue weighted by Crippen LogP contribution is 2.40. The molecule has 1 aliphatic carbocycles. The summed E-state index contributed by atoms with van der Waals surface area (Å²) >= 11 is 0. The van der Waals surface area contributed by atoms with Gasteiger partial charge < -0.3 is 20.7 Å². The molecule has 1 heterocycles. The van der Waals surface area contributed by atoms with Gasteiger partial charge in [0.05, 0.1) is 0 Å². The zero-order chi connectivity index (χ0) is 28.7. The lowest BCUT2D eigenvalue weighted by molar-refractivity contribution is -0.139. The second-order valence-electron chi connectivity index (χ2n) is 11.1. The van der Waals surface area contributed by atoms with E-state index in [2.05, 4.69) is 10.0 Å². The maximum absolute atomic E-state index is 13.2. The van der Waals surface area contributed by atoms with Crippen LogP contribution in [0.2, 0.25) is 0 Å². The number of rotatable bonds is 13. The number of ether oxygens (including phenoxy) is 1. The molecule has 0 radical (unpaired) electrons. The average molecular weight is 558 g/mol. The van der Waals surface area contributed by atoms with Gasteiger partial charge in [0.15, 0.2) is 0 Å². The second-order valence-corrected chi connectivity index (χ2v) is 13.0. The fraction of sp³-hybridized carbons (Fsp3) is 0.760. The monoisotopic (exact) mass is 557 g/mol. The van der Waals surface area contributed by atoms with E-state index in [9.17, 15) is 27.6 Å². The molecular weight excluding hydrogens is 514 g/mol. The van der Waals surface area contributed by atoms with Gasteiger partial charge in [-0.15, -0.1) is 0 Å². The maximum Gasteiger partial charge on any atom is 0.408 e. The van der Waals surface area contributed by atoms with E-state index >= 15 is 0 Å². The van der Waals surface area contributed by atoms with Crippen molar-refractivity contribution in [2.75, 3.05) is 20.6 Å². The van der Waals surface area contributed by atoms with Crippen LogP contribution in [0, 0.1) is 11.8 Å². The van der Waals surface area contributed by atoms with Crippen LogP contribution in [-0.2, 0) is 29.3 Å². The Morgan fingerprint density at radius 3 is 2.45 bits per heavy atom. The Hall–Kier alpha value is -2.67. The Bertz CT molecular complexity index is 1010. The Morgan fingerprint density at radius 2 is 1.84 bits per heavy atom. The van der Waals surface area contributed by atoms with Crippen molar-refractivity contribution in [3.63, 3.8) is 0 Å². The third-order valence-corrected chi connectivity index (χ3v) is 7.91. The number of hydrogen-bond donors (Lipinski definition) is 3. The van der Waals surface area contributed by atoms with Crippen molar-refractivity contribution in [1.82, 2.24) is 19.2 Å². The standard InChI is InChI=1S/C25H43N5O7S/c1-25(2,3)37-24(34)27-19(23(33)30-15-11-14-20(30)21(26)31)13-10-8-6-7-9-12-17-16-18(17)22(32)28-38(35,36)29(4)5/h9,12,17-20H,6-8,10-11,13-16H2,1-5H3,(H2,26,31)(H,27,34)(H,28,32)/b12-9-/t17-,18+,19+,20+/m1/s1. The Morgan fingerprint density at radius 1 is 1.16 bits per heavy atom. The highest BCUT2D eigenvalue weighted by Gasteiger charge is 2.42. The van der Waals surface area contributed by atoms with Gasteiger partial charge in [-0.25, -0.2) is 9.52 Å². The van der Waals surface area contributed by atoms with Crippen LogP contribution in [0.3, 0.4) is 0 Å². The minimum atomic E-state index is -3.78. The normalized spacial score (nSPS) is 22.4. The molecule has 4 amide bonds. The van der Waals surface area contributed by atoms with Crippen molar-refractivity contribution in [2.45, 2.75) is 89.8 Å². The smallest absolute Gasteiger partial charge is 0.408 e. The summed E-state index contributed by atoms with van der Waals surface area (Å²) in [4.78, 5) is 50.9. The number of primary amides is 1. The third kappa shape index (κ3) is 9.90. The number of allylic oxidation sites excluding steroid dienone is 2. The third-order valence-electron chi connectivity index (χ3n) is 6.49. The quantitative estimate of drug-likeness (QED) is 0.227. The predicted molar refractivity (Wildman–Crippen MR) is 142 cm³/mol.